The fourth-order valence-corrected chi connectivity index (χ4v) is 1.53. The average molecular weight is 266 g/mol. The van der Waals surface area contributed by atoms with Crippen LogP contribution in [0.3, 0.4) is 0 Å². The van der Waals surface area contributed by atoms with Crippen LogP contribution < -0.4 is 11.1 Å². The molecule has 0 aliphatic heterocycles. The van der Waals surface area contributed by atoms with Gasteiger partial charge in [-0.05, 0) is 19.1 Å². The number of halogens is 1. The largest absolute Gasteiger partial charge is 0.396 e. The highest BCUT2D eigenvalue weighted by Crippen LogP contribution is 2.14. The van der Waals surface area contributed by atoms with E-state index < -0.39 is 0 Å². The van der Waals surface area contributed by atoms with Gasteiger partial charge in [0.05, 0.1) is 17.6 Å². The Kier molecular flexibility index (Phi) is 3.47. The van der Waals surface area contributed by atoms with Crippen molar-refractivity contribution in [3.05, 3.63) is 35.4 Å². The van der Waals surface area contributed by atoms with Gasteiger partial charge in [-0.3, -0.25) is 9.48 Å². The van der Waals surface area contributed by atoms with Crippen LogP contribution >= 0.6 is 11.6 Å². The minimum Gasteiger partial charge on any atom is -0.396 e. The Hall–Kier alpha value is -2.08. The van der Waals surface area contributed by atoms with Crippen LogP contribution in [0.2, 0.25) is 5.15 Å². The highest BCUT2D eigenvalue weighted by Gasteiger charge is 2.14. The summed E-state index contributed by atoms with van der Waals surface area (Å²) in [4.78, 5) is 15.8. The number of carbonyl (C=O) groups excluding carboxylic acids is 1. The summed E-state index contributed by atoms with van der Waals surface area (Å²) in [5.41, 5.74) is 6.80. The van der Waals surface area contributed by atoms with Crippen molar-refractivity contribution in [2.45, 2.75) is 13.5 Å². The van der Waals surface area contributed by atoms with Crippen molar-refractivity contribution < 1.29 is 4.79 Å². The molecule has 0 atom stereocenters. The highest BCUT2D eigenvalue weighted by molar-refractivity contribution is 6.29. The van der Waals surface area contributed by atoms with Gasteiger partial charge in [-0.25, -0.2) is 4.98 Å². The van der Waals surface area contributed by atoms with Crippen LogP contribution in [-0.4, -0.2) is 20.7 Å². The molecule has 2 rings (SSSR count). The van der Waals surface area contributed by atoms with Crippen LogP contribution in [0, 0.1) is 0 Å². The number of nitrogens with one attached hydrogen (secondary N) is 1. The molecule has 0 saturated heterocycles. The lowest BCUT2D eigenvalue weighted by Gasteiger charge is -2.02. The fraction of sp³-hybridized carbons (Fsp3) is 0.182. The normalized spacial score (nSPS) is 10.3. The van der Waals surface area contributed by atoms with Gasteiger partial charge in [0, 0.05) is 12.7 Å². The summed E-state index contributed by atoms with van der Waals surface area (Å²) in [6.45, 7) is 2.57. The van der Waals surface area contributed by atoms with E-state index in [-0.39, 0.29) is 11.6 Å². The van der Waals surface area contributed by atoms with Crippen LogP contribution in [-0.2, 0) is 6.54 Å². The monoisotopic (exact) mass is 265 g/mol. The molecule has 0 spiro atoms. The minimum atomic E-state index is -0.371. The Morgan fingerprint density at radius 1 is 1.56 bits per heavy atom. The van der Waals surface area contributed by atoms with Crippen LogP contribution in [0.25, 0.3) is 0 Å². The van der Waals surface area contributed by atoms with E-state index in [0.717, 1.165) is 0 Å². The number of hydrogen-bond donors (Lipinski definition) is 2. The first-order chi connectivity index (χ1) is 8.60. The first-order valence-corrected chi connectivity index (χ1v) is 5.73. The number of anilines is 2. The minimum absolute atomic E-state index is 0.201. The van der Waals surface area contributed by atoms with Gasteiger partial charge < -0.3 is 11.1 Å². The molecule has 18 heavy (non-hydrogen) atoms. The van der Waals surface area contributed by atoms with Gasteiger partial charge in [-0.1, -0.05) is 11.6 Å². The number of amides is 1. The second-order valence-electron chi connectivity index (χ2n) is 3.61. The number of nitrogens with zero attached hydrogens (tertiary/aromatic N) is 3. The summed E-state index contributed by atoms with van der Waals surface area (Å²) in [7, 11) is 0. The molecule has 2 heterocycles. The number of carbonyl (C=O) groups is 1. The van der Waals surface area contributed by atoms with E-state index in [1.807, 2.05) is 6.92 Å². The lowest BCUT2D eigenvalue weighted by atomic mass is 10.3. The van der Waals surface area contributed by atoms with E-state index in [0.29, 0.717) is 23.1 Å². The molecule has 0 radical (unpaired) electrons. The lowest BCUT2D eigenvalue weighted by molar-refractivity contribution is 0.102. The lowest BCUT2D eigenvalue weighted by Crippen LogP contribution is -2.14. The van der Waals surface area contributed by atoms with Crippen LogP contribution in [0.5, 0.6) is 0 Å². The van der Waals surface area contributed by atoms with Crippen molar-refractivity contribution in [2.75, 3.05) is 11.1 Å². The molecule has 0 aliphatic carbocycles. The maximum absolute atomic E-state index is 11.9. The van der Waals surface area contributed by atoms with Crippen molar-refractivity contribution in [1.82, 2.24) is 14.8 Å². The predicted molar refractivity (Wildman–Crippen MR) is 69.5 cm³/mol. The molecule has 0 aromatic carbocycles. The molecule has 0 aliphatic rings. The summed E-state index contributed by atoms with van der Waals surface area (Å²) in [5, 5.41) is 7.09. The van der Waals surface area contributed by atoms with Gasteiger partial charge in [-0.2, -0.15) is 5.10 Å². The van der Waals surface area contributed by atoms with Crippen LogP contribution in [0.4, 0.5) is 11.4 Å². The zero-order chi connectivity index (χ0) is 13.1. The molecule has 0 saturated carbocycles. The molecule has 94 valence electrons. The summed E-state index contributed by atoms with van der Waals surface area (Å²) in [5.74, 6) is -0.371. The molecule has 7 heteroatoms. The molecule has 0 fully saturated rings. The standard InChI is InChI=1S/C11H12ClN5O/c1-2-17-6-8(13)10(16-17)11(18)15-7-3-4-9(12)14-5-7/h3-6H,2,13H2,1H3,(H,15,18). The predicted octanol–water partition coefficient (Wildman–Crippen LogP) is 1.79. The first-order valence-electron chi connectivity index (χ1n) is 5.36. The van der Waals surface area contributed by atoms with Gasteiger partial charge in [0.25, 0.3) is 5.91 Å². The van der Waals surface area contributed by atoms with Crippen molar-refractivity contribution in [3.63, 3.8) is 0 Å². The molecule has 1 amide bonds. The van der Waals surface area contributed by atoms with Crippen LogP contribution in [0.15, 0.2) is 24.5 Å². The van der Waals surface area contributed by atoms with E-state index in [2.05, 4.69) is 15.4 Å². The smallest absolute Gasteiger partial charge is 0.278 e. The summed E-state index contributed by atoms with van der Waals surface area (Å²) < 4.78 is 1.60. The van der Waals surface area contributed by atoms with E-state index in [1.54, 1.807) is 23.0 Å². The maximum atomic E-state index is 11.9. The number of nitrogen functional groups attached to an aromatic ring is 1. The zero-order valence-corrected chi connectivity index (χ0v) is 10.5. The Morgan fingerprint density at radius 2 is 2.33 bits per heavy atom. The number of aromatic nitrogens is 3. The van der Waals surface area contributed by atoms with E-state index in [4.69, 9.17) is 17.3 Å². The molecule has 0 unspecified atom stereocenters. The van der Waals surface area contributed by atoms with Gasteiger partial charge >= 0.3 is 0 Å². The number of rotatable bonds is 3. The number of pyridine rings is 1. The van der Waals surface area contributed by atoms with Gasteiger partial charge in [-0.15, -0.1) is 0 Å². The quantitative estimate of drug-likeness (QED) is 0.829. The van der Waals surface area contributed by atoms with Gasteiger partial charge in [0.2, 0.25) is 0 Å². The van der Waals surface area contributed by atoms with Crippen molar-refractivity contribution in [2.24, 2.45) is 0 Å². The molecule has 3 N–H and O–H groups in total. The third kappa shape index (κ3) is 2.60. The summed E-state index contributed by atoms with van der Waals surface area (Å²) >= 11 is 5.65. The van der Waals surface area contributed by atoms with Gasteiger partial charge in [0.15, 0.2) is 5.69 Å². The van der Waals surface area contributed by atoms with Crippen LogP contribution in [0.1, 0.15) is 17.4 Å². The Balaban J connectivity index is 2.16. The van der Waals surface area contributed by atoms with Crippen molar-refractivity contribution in [1.29, 1.82) is 0 Å². The van der Waals surface area contributed by atoms with Crippen molar-refractivity contribution >= 4 is 28.9 Å². The van der Waals surface area contributed by atoms with Crippen molar-refractivity contribution in [3.8, 4) is 0 Å². The third-order valence-electron chi connectivity index (χ3n) is 2.31. The average Bonchev–Trinajstić information content (AvgIpc) is 2.73. The molecular weight excluding hydrogens is 254 g/mol. The third-order valence-corrected chi connectivity index (χ3v) is 2.54. The van der Waals surface area contributed by atoms with Gasteiger partial charge in [0.1, 0.15) is 5.15 Å². The second-order valence-corrected chi connectivity index (χ2v) is 4.00. The number of nitrogens with two attached hydrogens (primary N) is 1. The van der Waals surface area contributed by atoms with E-state index in [1.165, 1.54) is 6.20 Å². The summed E-state index contributed by atoms with van der Waals surface area (Å²) in [6.07, 6.45) is 3.09. The molecule has 0 bridgehead atoms. The second kappa shape index (κ2) is 5.05. The summed E-state index contributed by atoms with van der Waals surface area (Å²) in [6, 6.07) is 3.24. The Bertz CT molecular complexity index is 563. The highest BCUT2D eigenvalue weighted by atomic mass is 35.5. The molecule has 6 nitrogen and oxygen atoms in total. The zero-order valence-electron chi connectivity index (χ0n) is 9.72. The topological polar surface area (TPSA) is 85.8 Å². The molecule has 2 aromatic rings. The Morgan fingerprint density at radius 3 is 2.89 bits per heavy atom. The molecular formula is C11H12ClN5O. The Labute approximate surface area is 109 Å². The SMILES string of the molecule is CCn1cc(N)c(C(=O)Nc2ccc(Cl)nc2)n1. The number of aryl methyl sites for hydroxylation is 1. The van der Waals surface area contributed by atoms with E-state index >= 15 is 0 Å². The fourth-order valence-electron chi connectivity index (χ4n) is 1.42. The maximum Gasteiger partial charge on any atom is 0.278 e. The first kappa shape index (κ1) is 12.4. The number of hydrogen-bond acceptors (Lipinski definition) is 4. The molecule has 2 aromatic heterocycles. The van der Waals surface area contributed by atoms with E-state index in [9.17, 15) is 4.79 Å².